The number of carbonyl (C=O) groups excluding carboxylic acids is 2. The van der Waals surface area contributed by atoms with Crippen molar-refractivity contribution in [3.8, 4) is 0 Å². The molecule has 0 aliphatic heterocycles. The number of anilines is 1. The second-order valence-corrected chi connectivity index (χ2v) is 6.72. The molecule has 3 aromatic rings. The largest absolute Gasteiger partial charge is 0.348 e. The van der Waals surface area contributed by atoms with Crippen LogP contribution in [0.2, 0.25) is 5.02 Å². The van der Waals surface area contributed by atoms with Crippen molar-refractivity contribution in [2.75, 3.05) is 5.32 Å². The van der Waals surface area contributed by atoms with Crippen LogP contribution in [-0.4, -0.2) is 11.8 Å². The molecule has 3 aromatic carbocycles. The van der Waals surface area contributed by atoms with Crippen LogP contribution in [-0.2, 0) is 6.54 Å². The van der Waals surface area contributed by atoms with E-state index in [4.69, 9.17) is 11.6 Å². The molecule has 0 aliphatic rings. The summed E-state index contributed by atoms with van der Waals surface area (Å²) in [6, 6.07) is 17.5. The van der Waals surface area contributed by atoms with Crippen LogP contribution in [0.5, 0.6) is 0 Å². The predicted octanol–water partition coefficient (Wildman–Crippen LogP) is 4.97. The standard InChI is InChI=1S/C22H18ClFN2O2/c1-14-5-10-19(12-20(14)23)26-22(28)17-4-2-3-16(11-17)21(27)25-13-15-6-8-18(24)9-7-15/h2-12H,13H2,1H3,(H,25,27)(H,26,28). The Morgan fingerprint density at radius 3 is 2.29 bits per heavy atom. The number of carbonyl (C=O) groups is 2. The smallest absolute Gasteiger partial charge is 0.255 e. The molecule has 0 aliphatic carbocycles. The summed E-state index contributed by atoms with van der Waals surface area (Å²) in [5.74, 6) is -0.992. The Balaban J connectivity index is 1.66. The highest BCUT2D eigenvalue weighted by molar-refractivity contribution is 6.31. The number of aryl methyl sites for hydroxylation is 1. The first-order valence-electron chi connectivity index (χ1n) is 8.62. The second-order valence-electron chi connectivity index (χ2n) is 6.31. The SMILES string of the molecule is Cc1ccc(NC(=O)c2cccc(C(=O)NCc3ccc(F)cc3)c2)cc1Cl. The van der Waals surface area contributed by atoms with Gasteiger partial charge in [0.05, 0.1) is 0 Å². The molecule has 2 N–H and O–H groups in total. The van der Waals surface area contributed by atoms with Gasteiger partial charge in [0, 0.05) is 28.4 Å². The van der Waals surface area contributed by atoms with E-state index in [0.717, 1.165) is 11.1 Å². The van der Waals surface area contributed by atoms with Crippen LogP contribution in [0.3, 0.4) is 0 Å². The fourth-order valence-corrected chi connectivity index (χ4v) is 2.74. The zero-order chi connectivity index (χ0) is 20.1. The molecule has 0 bridgehead atoms. The highest BCUT2D eigenvalue weighted by atomic mass is 35.5. The van der Waals surface area contributed by atoms with E-state index in [-0.39, 0.29) is 24.2 Å². The summed E-state index contributed by atoms with van der Waals surface area (Å²) in [5.41, 5.74) is 2.98. The van der Waals surface area contributed by atoms with Crippen molar-refractivity contribution in [1.29, 1.82) is 0 Å². The van der Waals surface area contributed by atoms with E-state index in [1.54, 1.807) is 42.5 Å². The third kappa shape index (κ3) is 4.96. The Bertz CT molecular complexity index is 1020. The van der Waals surface area contributed by atoms with Crippen LogP contribution >= 0.6 is 11.6 Å². The van der Waals surface area contributed by atoms with Crippen LogP contribution in [0.15, 0.2) is 66.7 Å². The fourth-order valence-electron chi connectivity index (χ4n) is 2.56. The van der Waals surface area contributed by atoms with E-state index >= 15 is 0 Å². The first-order valence-corrected chi connectivity index (χ1v) is 9.00. The van der Waals surface area contributed by atoms with Gasteiger partial charge in [-0.1, -0.05) is 35.9 Å². The van der Waals surface area contributed by atoms with Crippen LogP contribution in [0, 0.1) is 12.7 Å². The Kier molecular flexibility index (Phi) is 6.06. The fraction of sp³-hybridized carbons (Fsp3) is 0.0909. The molecular formula is C22H18ClFN2O2. The summed E-state index contributed by atoms with van der Waals surface area (Å²) in [5, 5.41) is 6.08. The summed E-state index contributed by atoms with van der Waals surface area (Å²) in [4.78, 5) is 24.8. The molecule has 0 unspecified atom stereocenters. The maximum absolute atomic E-state index is 12.9. The predicted molar refractivity (Wildman–Crippen MR) is 108 cm³/mol. The van der Waals surface area contributed by atoms with Gasteiger partial charge in [-0.05, 0) is 60.5 Å². The van der Waals surface area contributed by atoms with Gasteiger partial charge in [-0.3, -0.25) is 9.59 Å². The minimum atomic E-state index is -0.340. The average Bonchev–Trinajstić information content (AvgIpc) is 2.70. The van der Waals surface area contributed by atoms with Gasteiger partial charge >= 0.3 is 0 Å². The van der Waals surface area contributed by atoms with Gasteiger partial charge in [-0.25, -0.2) is 4.39 Å². The first-order chi connectivity index (χ1) is 13.4. The maximum Gasteiger partial charge on any atom is 0.255 e. The Hall–Kier alpha value is -3.18. The molecule has 0 saturated heterocycles. The number of nitrogens with one attached hydrogen (secondary N) is 2. The monoisotopic (exact) mass is 396 g/mol. The first kappa shape index (κ1) is 19.6. The number of amides is 2. The number of rotatable bonds is 5. The van der Waals surface area contributed by atoms with Crippen molar-refractivity contribution in [3.05, 3.63) is 99.8 Å². The summed E-state index contributed by atoms with van der Waals surface area (Å²) >= 11 is 6.08. The van der Waals surface area contributed by atoms with Crippen molar-refractivity contribution < 1.29 is 14.0 Å². The molecule has 0 saturated carbocycles. The lowest BCUT2D eigenvalue weighted by Crippen LogP contribution is -2.23. The molecule has 2 amide bonds. The van der Waals surface area contributed by atoms with E-state index in [2.05, 4.69) is 10.6 Å². The van der Waals surface area contributed by atoms with E-state index < -0.39 is 0 Å². The third-order valence-corrected chi connectivity index (χ3v) is 4.59. The molecule has 0 atom stereocenters. The van der Waals surface area contributed by atoms with E-state index in [9.17, 15) is 14.0 Å². The lowest BCUT2D eigenvalue weighted by atomic mass is 10.1. The van der Waals surface area contributed by atoms with Crippen molar-refractivity contribution >= 4 is 29.1 Å². The van der Waals surface area contributed by atoms with Gasteiger partial charge < -0.3 is 10.6 Å². The van der Waals surface area contributed by atoms with Gasteiger partial charge in [-0.2, -0.15) is 0 Å². The molecule has 4 nitrogen and oxygen atoms in total. The molecular weight excluding hydrogens is 379 g/mol. The molecule has 28 heavy (non-hydrogen) atoms. The Morgan fingerprint density at radius 2 is 1.61 bits per heavy atom. The molecule has 0 heterocycles. The van der Waals surface area contributed by atoms with Crippen LogP contribution in [0.1, 0.15) is 31.8 Å². The van der Waals surface area contributed by atoms with Crippen LogP contribution in [0.25, 0.3) is 0 Å². The highest BCUT2D eigenvalue weighted by Crippen LogP contribution is 2.20. The van der Waals surface area contributed by atoms with Gasteiger partial charge in [0.2, 0.25) is 0 Å². The molecule has 0 fully saturated rings. The molecule has 142 valence electrons. The average molecular weight is 397 g/mol. The van der Waals surface area contributed by atoms with E-state index in [1.807, 2.05) is 13.0 Å². The highest BCUT2D eigenvalue weighted by Gasteiger charge is 2.11. The lowest BCUT2D eigenvalue weighted by molar-refractivity contribution is 0.0951. The van der Waals surface area contributed by atoms with E-state index in [1.165, 1.54) is 18.2 Å². The van der Waals surface area contributed by atoms with Crippen molar-refractivity contribution in [1.82, 2.24) is 5.32 Å². The molecule has 3 rings (SSSR count). The van der Waals surface area contributed by atoms with Gasteiger partial charge in [0.25, 0.3) is 11.8 Å². The minimum Gasteiger partial charge on any atom is -0.348 e. The van der Waals surface area contributed by atoms with Gasteiger partial charge in [-0.15, -0.1) is 0 Å². The zero-order valence-electron chi connectivity index (χ0n) is 15.1. The quantitative estimate of drug-likeness (QED) is 0.639. The Morgan fingerprint density at radius 1 is 0.929 bits per heavy atom. The van der Waals surface area contributed by atoms with Gasteiger partial charge in [0.1, 0.15) is 5.82 Å². The summed E-state index contributed by atoms with van der Waals surface area (Å²) in [6.07, 6.45) is 0. The summed E-state index contributed by atoms with van der Waals surface area (Å²) in [7, 11) is 0. The number of hydrogen-bond acceptors (Lipinski definition) is 2. The van der Waals surface area contributed by atoms with Crippen LogP contribution in [0.4, 0.5) is 10.1 Å². The number of halogens is 2. The molecule has 0 aromatic heterocycles. The topological polar surface area (TPSA) is 58.2 Å². The molecule has 0 spiro atoms. The minimum absolute atomic E-state index is 0.261. The third-order valence-electron chi connectivity index (χ3n) is 4.18. The molecule has 0 radical (unpaired) electrons. The van der Waals surface area contributed by atoms with E-state index in [0.29, 0.717) is 21.8 Å². The van der Waals surface area contributed by atoms with Crippen molar-refractivity contribution in [2.45, 2.75) is 13.5 Å². The summed E-state index contributed by atoms with van der Waals surface area (Å²) < 4.78 is 12.9. The number of benzene rings is 3. The number of hydrogen-bond donors (Lipinski definition) is 2. The summed E-state index contributed by atoms with van der Waals surface area (Å²) in [6.45, 7) is 2.14. The molecule has 6 heteroatoms. The van der Waals surface area contributed by atoms with Crippen molar-refractivity contribution in [2.24, 2.45) is 0 Å². The van der Waals surface area contributed by atoms with Gasteiger partial charge in [0.15, 0.2) is 0 Å². The maximum atomic E-state index is 12.9. The Labute approximate surface area is 167 Å². The second kappa shape index (κ2) is 8.67. The zero-order valence-corrected chi connectivity index (χ0v) is 15.9. The lowest BCUT2D eigenvalue weighted by Gasteiger charge is -2.09. The normalized spacial score (nSPS) is 10.4. The van der Waals surface area contributed by atoms with Crippen molar-refractivity contribution in [3.63, 3.8) is 0 Å². The van der Waals surface area contributed by atoms with Crippen LogP contribution < -0.4 is 10.6 Å².